The molecule has 124 valence electrons. The Labute approximate surface area is 135 Å². The van der Waals surface area contributed by atoms with Crippen molar-refractivity contribution in [2.24, 2.45) is 5.92 Å². The van der Waals surface area contributed by atoms with Crippen molar-refractivity contribution in [2.45, 2.75) is 65.3 Å². The lowest BCUT2D eigenvalue weighted by Crippen LogP contribution is -2.30. The summed E-state index contributed by atoms with van der Waals surface area (Å²) in [5, 5.41) is 0. The lowest BCUT2D eigenvalue weighted by Gasteiger charge is -2.24. The second-order valence-electron chi connectivity index (χ2n) is 6.58. The minimum atomic E-state index is -0.223. The number of rotatable bonds is 8. The summed E-state index contributed by atoms with van der Waals surface area (Å²) in [6, 6.07) is 8.40. The summed E-state index contributed by atoms with van der Waals surface area (Å²) in [6.45, 7) is 10.2. The van der Waals surface area contributed by atoms with Gasteiger partial charge in [-0.25, -0.2) is 0 Å². The molecule has 1 aromatic carbocycles. The molecule has 1 aromatic rings. The molecule has 1 aliphatic heterocycles. The maximum atomic E-state index is 6.03. The average Bonchev–Trinajstić information content (AvgIpc) is 3.04. The fraction of sp³-hybridized carbons (Fsp3) is 0.684. The van der Waals surface area contributed by atoms with Crippen LogP contribution in [0.15, 0.2) is 24.3 Å². The highest BCUT2D eigenvalue weighted by molar-refractivity contribution is 5.29. The van der Waals surface area contributed by atoms with Crippen molar-refractivity contribution < 1.29 is 14.2 Å². The summed E-state index contributed by atoms with van der Waals surface area (Å²) in [5.74, 6) is 1.76. The van der Waals surface area contributed by atoms with Gasteiger partial charge >= 0.3 is 0 Å². The van der Waals surface area contributed by atoms with E-state index in [2.05, 4.69) is 39.8 Å². The third-order valence-electron chi connectivity index (χ3n) is 4.33. The van der Waals surface area contributed by atoms with Crippen molar-refractivity contribution in [1.29, 1.82) is 0 Å². The summed E-state index contributed by atoms with van der Waals surface area (Å²) in [7, 11) is 0. The molecule has 1 saturated heterocycles. The third kappa shape index (κ3) is 4.99. The Morgan fingerprint density at radius 2 is 1.91 bits per heavy atom. The maximum Gasteiger partial charge on any atom is 0.202 e. The fourth-order valence-corrected chi connectivity index (χ4v) is 2.59. The largest absolute Gasteiger partial charge is 0.465 e. The predicted octanol–water partition coefficient (Wildman–Crippen LogP) is 4.76. The van der Waals surface area contributed by atoms with E-state index in [-0.39, 0.29) is 12.4 Å². The van der Waals surface area contributed by atoms with Gasteiger partial charge in [0.1, 0.15) is 5.75 Å². The molecule has 1 aliphatic rings. The first-order valence-electron chi connectivity index (χ1n) is 8.60. The zero-order chi connectivity index (χ0) is 15.9. The number of ether oxygens (including phenoxy) is 3. The van der Waals surface area contributed by atoms with Crippen molar-refractivity contribution in [3.8, 4) is 5.75 Å². The zero-order valence-corrected chi connectivity index (χ0v) is 14.4. The molecule has 1 heterocycles. The average molecular weight is 306 g/mol. The molecular formula is C19H30O3. The quantitative estimate of drug-likeness (QED) is 0.648. The minimum Gasteiger partial charge on any atom is -0.465 e. The van der Waals surface area contributed by atoms with Crippen LogP contribution in [0.5, 0.6) is 5.75 Å². The van der Waals surface area contributed by atoms with Crippen LogP contribution in [0.3, 0.4) is 0 Å². The van der Waals surface area contributed by atoms with Crippen LogP contribution in [0.1, 0.15) is 58.4 Å². The van der Waals surface area contributed by atoms with E-state index in [1.54, 1.807) is 0 Å². The molecule has 0 N–H and O–H groups in total. The molecule has 0 aliphatic carbocycles. The molecule has 1 fully saturated rings. The molecule has 0 saturated carbocycles. The highest BCUT2D eigenvalue weighted by atomic mass is 16.7. The minimum absolute atomic E-state index is 0.223. The van der Waals surface area contributed by atoms with Crippen LogP contribution < -0.4 is 4.74 Å². The second-order valence-corrected chi connectivity index (χ2v) is 6.58. The first-order chi connectivity index (χ1) is 10.6. The first kappa shape index (κ1) is 17.3. The predicted molar refractivity (Wildman–Crippen MR) is 89.3 cm³/mol. The Morgan fingerprint density at radius 3 is 2.45 bits per heavy atom. The first-order valence-corrected chi connectivity index (χ1v) is 8.60. The van der Waals surface area contributed by atoms with E-state index in [9.17, 15) is 0 Å². The molecule has 2 rings (SSSR count). The molecule has 0 bridgehead atoms. The normalized spacial score (nSPS) is 21.0. The Kier molecular flexibility index (Phi) is 6.71. The Morgan fingerprint density at radius 1 is 1.18 bits per heavy atom. The lowest BCUT2D eigenvalue weighted by atomic mass is 9.99. The molecule has 0 radical (unpaired) electrons. The van der Waals surface area contributed by atoms with Crippen LogP contribution in [0.2, 0.25) is 0 Å². The van der Waals surface area contributed by atoms with Gasteiger partial charge < -0.3 is 14.2 Å². The molecule has 0 amide bonds. The maximum absolute atomic E-state index is 6.03. The fourth-order valence-electron chi connectivity index (χ4n) is 2.59. The summed E-state index contributed by atoms with van der Waals surface area (Å²) in [4.78, 5) is 0. The van der Waals surface area contributed by atoms with E-state index in [1.807, 2.05) is 12.1 Å². The van der Waals surface area contributed by atoms with Gasteiger partial charge in [-0.3, -0.25) is 0 Å². The lowest BCUT2D eigenvalue weighted by molar-refractivity contribution is -0.130. The molecule has 3 heteroatoms. The van der Waals surface area contributed by atoms with Gasteiger partial charge in [0, 0.05) is 12.5 Å². The van der Waals surface area contributed by atoms with Gasteiger partial charge in [-0.2, -0.15) is 0 Å². The van der Waals surface area contributed by atoms with Gasteiger partial charge in [-0.15, -0.1) is 0 Å². The molecule has 22 heavy (non-hydrogen) atoms. The van der Waals surface area contributed by atoms with E-state index < -0.39 is 0 Å². The molecule has 0 spiro atoms. The smallest absolute Gasteiger partial charge is 0.202 e. The Balaban J connectivity index is 1.89. The van der Waals surface area contributed by atoms with Crippen LogP contribution in [0, 0.1) is 5.92 Å². The van der Waals surface area contributed by atoms with E-state index >= 15 is 0 Å². The van der Waals surface area contributed by atoms with Crippen LogP contribution >= 0.6 is 0 Å². The number of hydrogen-bond acceptors (Lipinski definition) is 3. The Hall–Kier alpha value is -1.06. The van der Waals surface area contributed by atoms with Crippen molar-refractivity contribution in [3.05, 3.63) is 29.8 Å². The Bertz CT molecular complexity index is 421. The SMILES string of the molecule is CCC(C)c1ccc(OC(OCC2CCCO2)C(C)C)cc1. The second kappa shape index (κ2) is 8.54. The van der Waals surface area contributed by atoms with Crippen LogP contribution in [0.4, 0.5) is 0 Å². The summed E-state index contributed by atoms with van der Waals surface area (Å²) < 4.78 is 17.6. The van der Waals surface area contributed by atoms with E-state index in [4.69, 9.17) is 14.2 Å². The van der Waals surface area contributed by atoms with E-state index in [0.29, 0.717) is 18.4 Å². The van der Waals surface area contributed by atoms with Gasteiger partial charge in [0.25, 0.3) is 0 Å². The molecule has 3 nitrogen and oxygen atoms in total. The van der Waals surface area contributed by atoms with Gasteiger partial charge in [0.15, 0.2) is 0 Å². The van der Waals surface area contributed by atoms with Gasteiger partial charge in [0.05, 0.1) is 12.7 Å². The van der Waals surface area contributed by atoms with Gasteiger partial charge in [-0.05, 0) is 42.9 Å². The van der Waals surface area contributed by atoms with Crippen molar-refractivity contribution in [3.63, 3.8) is 0 Å². The zero-order valence-electron chi connectivity index (χ0n) is 14.4. The topological polar surface area (TPSA) is 27.7 Å². The van der Waals surface area contributed by atoms with E-state index in [1.165, 1.54) is 5.56 Å². The van der Waals surface area contributed by atoms with Crippen LogP contribution in [-0.2, 0) is 9.47 Å². The van der Waals surface area contributed by atoms with Crippen molar-refractivity contribution in [1.82, 2.24) is 0 Å². The highest BCUT2D eigenvalue weighted by Crippen LogP contribution is 2.23. The standard InChI is InChI=1S/C19H30O3/c1-5-15(4)16-8-10-17(11-9-16)22-19(14(2)3)21-13-18-7-6-12-20-18/h8-11,14-15,18-19H,5-7,12-13H2,1-4H3. The molecule has 3 atom stereocenters. The van der Waals surface area contributed by atoms with Crippen LogP contribution in [-0.4, -0.2) is 25.6 Å². The van der Waals surface area contributed by atoms with Crippen LogP contribution in [0.25, 0.3) is 0 Å². The number of benzene rings is 1. The van der Waals surface area contributed by atoms with Crippen molar-refractivity contribution >= 4 is 0 Å². The van der Waals surface area contributed by atoms with Gasteiger partial charge in [-0.1, -0.05) is 39.8 Å². The third-order valence-corrected chi connectivity index (χ3v) is 4.33. The van der Waals surface area contributed by atoms with Gasteiger partial charge in [0.2, 0.25) is 6.29 Å². The summed E-state index contributed by atoms with van der Waals surface area (Å²) in [5.41, 5.74) is 1.36. The molecule has 3 unspecified atom stereocenters. The molecular weight excluding hydrogens is 276 g/mol. The summed E-state index contributed by atoms with van der Waals surface area (Å²) in [6.07, 6.45) is 3.39. The summed E-state index contributed by atoms with van der Waals surface area (Å²) >= 11 is 0. The van der Waals surface area contributed by atoms with Crippen molar-refractivity contribution in [2.75, 3.05) is 13.2 Å². The highest BCUT2D eigenvalue weighted by Gasteiger charge is 2.21. The molecule has 0 aromatic heterocycles. The monoisotopic (exact) mass is 306 g/mol. The number of hydrogen-bond donors (Lipinski definition) is 0. The van der Waals surface area contributed by atoms with E-state index in [0.717, 1.165) is 31.6 Å².